The maximum absolute atomic E-state index is 13.4. The summed E-state index contributed by atoms with van der Waals surface area (Å²) in [5.74, 6) is 1.54. The van der Waals surface area contributed by atoms with E-state index in [-0.39, 0.29) is 17.2 Å². The minimum absolute atomic E-state index is 0.128. The summed E-state index contributed by atoms with van der Waals surface area (Å²) in [7, 11) is 0. The standard InChI is InChI=1S/C31H32N4O2/c1-19-15-22(24-5-4-6-26-25(24)9-7-20(2)32-26)8-10-23(19)27-33-31(13-14-31)29(37)35(27)18-21-16-34(17-21)28(36)30(3)11-12-30/h4-10,15,21H,11-14,16-18H2,1-3H3. The predicted molar refractivity (Wildman–Crippen MR) is 144 cm³/mol. The number of amidine groups is 1. The van der Waals surface area contributed by atoms with Crippen LogP contribution in [0.5, 0.6) is 0 Å². The molecule has 0 unspecified atom stereocenters. The fraction of sp³-hybridized carbons (Fsp3) is 0.419. The normalized spacial score (nSPS) is 21.4. The molecule has 3 fully saturated rings. The molecule has 188 valence electrons. The summed E-state index contributed by atoms with van der Waals surface area (Å²) in [4.78, 5) is 39.7. The molecule has 7 rings (SSSR count). The molecular weight excluding hydrogens is 460 g/mol. The SMILES string of the molecule is Cc1ccc2c(-c3ccc(C4=NC5(CC5)C(=O)N4CC4CN(C(=O)C5(C)CC5)C4)c(C)c3)cccc2n1. The largest absolute Gasteiger partial charge is 0.341 e. The predicted octanol–water partition coefficient (Wildman–Crippen LogP) is 4.90. The van der Waals surface area contributed by atoms with Crippen LogP contribution in [0.1, 0.15) is 49.4 Å². The first kappa shape index (κ1) is 22.6. The third kappa shape index (κ3) is 3.60. The van der Waals surface area contributed by atoms with Crippen molar-refractivity contribution in [1.29, 1.82) is 0 Å². The van der Waals surface area contributed by atoms with Gasteiger partial charge in [0.15, 0.2) is 0 Å². The summed E-state index contributed by atoms with van der Waals surface area (Å²) in [5, 5.41) is 1.14. The average Bonchev–Trinajstić information content (AvgIpc) is 3.78. The molecule has 3 aromatic rings. The van der Waals surface area contributed by atoms with E-state index in [1.807, 2.05) is 16.7 Å². The van der Waals surface area contributed by atoms with Crippen molar-refractivity contribution in [2.75, 3.05) is 19.6 Å². The zero-order chi connectivity index (χ0) is 25.5. The van der Waals surface area contributed by atoms with Crippen LogP contribution in [0.3, 0.4) is 0 Å². The van der Waals surface area contributed by atoms with Gasteiger partial charge in [0, 0.05) is 47.6 Å². The summed E-state index contributed by atoms with van der Waals surface area (Å²) < 4.78 is 0. The van der Waals surface area contributed by atoms with Crippen molar-refractivity contribution in [2.45, 2.75) is 52.0 Å². The third-order valence-electron chi connectivity index (χ3n) is 8.79. The van der Waals surface area contributed by atoms with Gasteiger partial charge in [0.25, 0.3) is 5.91 Å². The number of aromatic nitrogens is 1. The summed E-state index contributed by atoms with van der Waals surface area (Å²) in [5.41, 5.74) is 5.76. The first-order valence-corrected chi connectivity index (χ1v) is 13.5. The highest BCUT2D eigenvalue weighted by atomic mass is 16.2. The Morgan fingerprint density at radius 1 is 1.00 bits per heavy atom. The number of pyridine rings is 1. The van der Waals surface area contributed by atoms with Gasteiger partial charge < -0.3 is 4.90 Å². The number of amides is 2. The van der Waals surface area contributed by atoms with Crippen molar-refractivity contribution in [2.24, 2.45) is 16.3 Å². The Balaban J connectivity index is 1.16. The highest BCUT2D eigenvalue weighted by Crippen LogP contribution is 2.48. The number of nitrogens with zero attached hydrogens (tertiary/aromatic N) is 4. The lowest BCUT2D eigenvalue weighted by Crippen LogP contribution is -2.56. The lowest BCUT2D eigenvalue weighted by Gasteiger charge is -2.42. The van der Waals surface area contributed by atoms with Crippen LogP contribution >= 0.6 is 0 Å². The number of rotatable bonds is 5. The van der Waals surface area contributed by atoms with Crippen LogP contribution < -0.4 is 0 Å². The number of fused-ring (bicyclic) bond motifs is 1. The first-order chi connectivity index (χ1) is 17.8. The fourth-order valence-corrected chi connectivity index (χ4v) is 5.96. The Morgan fingerprint density at radius 3 is 2.49 bits per heavy atom. The van der Waals surface area contributed by atoms with Gasteiger partial charge in [-0.3, -0.25) is 24.5 Å². The van der Waals surface area contributed by atoms with E-state index in [4.69, 9.17) is 9.98 Å². The van der Waals surface area contributed by atoms with Gasteiger partial charge >= 0.3 is 0 Å². The van der Waals surface area contributed by atoms with Crippen LogP contribution in [0.25, 0.3) is 22.0 Å². The Hall–Kier alpha value is -3.54. The van der Waals surface area contributed by atoms with Gasteiger partial charge in [-0.1, -0.05) is 43.3 Å². The minimum Gasteiger partial charge on any atom is -0.341 e. The number of benzene rings is 2. The quantitative estimate of drug-likeness (QED) is 0.509. The Morgan fingerprint density at radius 2 is 1.78 bits per heavy atom. The molecule has 1 aromatic heterocycles. The van der Waals surface area contributed by atoms with E-state index >= 15 is 0 Å². The highest BCUT2D eigenvalue weighted by Gasteiger charge is 2.58. The van der Waals surface area contributed by atoms with E-state index in [1.165, 1.54) is 0 Å². The van der Waals surface area contributed by atoms with E-state index in [0.29, 0.717) is 12.5 Å². The lowest BCUT2D eigenvalue weighted by atomic mass is 9.94. The van der Waals surface area contributed by atoms with Crippen molar-refractivity contribution in [3.63, 3.8) is 0 Å². The number of carbonyl (C=O) groups excluding carboxylic acids is 2. The summed E-state index contributed by atoms with van der Waals surface area (Å²) in [6.07, 6.45) is 3.67. The zero-order valence-corrected chi connectivity index (χ0v) is 21.8. The fourth-order valence-electron chi connectivity index (χ4n) is 5.96. The summed E-state index contributed by atoms with van der Waals surface area (Å²) in [6, 6.07) is 16.9. The third-order valence-corrected chi connectivity index (χ3v) is 8.79. The van der Waals surface area contributed by atoms with E-state index < -0.39 is 5.54 Å². The second-order valence-corrected chi connectivity index (χ2v) is 11.9. The summed E-state index contributed by atoms with van der Waals surface area (Å²) >= 11 is 0. The molecule has 1 saturated heterocycles. The average molecular weight is 493 g/mol. The molecule has 6 heteroatoms. The Labute approximate surface area is 217 Å². The second-order valence-electron chi connectivity index (χ2n) is 11.9. The minimum atomic E-state index is -0.541. The van der Waals surface area contributed by atoms with Crippen LogP contribution in [0.4, 0.5) is 0 Å². The molecule has 2 saturated carbocycles. The van der Waals surface area contributed by atoms with Crippen LogP contribution in [0.15, 0.2) is 53.5 Å². The Bertz CT molecular complexity index is 1510. The maximum atomic E-state index is 13.4. The first-order valence-electron chi connectivity index (χ1n) is 13.5. The van der Waals surface area contributed by atoms with E-state index in [1.54, 1.807) is 0 Å². The highest BCUT2D eigenvalue weighted by molar-refractivity contribution is 6.17. The number of aryl methyl sites for hydroxylation is 2. The van der Waals surface area contributed by atoms with Crippen molar-refractivity contribution in [3.05, 3.63) is 65.4 Å². The van der Waals surface area contributed by atoms with Crippen LogP contribution in [0.2, 0.25) is 0 Å². The molecule has 37 heavy (non-hydrogen) atoms. The van der Waals surface area contributed by atoms with Crippen molar-refractivity contribution < 1.29 is 9.59 Å². The van der Waals surface area contributed by atoms with Gasteiger partial charge in [0.2, 0.25) is 5.91 Å². The lowest BCUT2D eigenvalue weighted by molar-refractivity contribution is -0.143. The van der Waals surface area contributed by atoms with Gasteiger partial charge in [-0.25, -0.2) is 0 Å². The molecular formula is C31H32N4O2. The molecule has 0 atom stereocenters. The smallest absolute Gasteiger partial charge is 0.256 e. The molecule has 0 bridgehead atoms. The Kier molecular flexibility index (Phi) is 4.73. The number of hydrogen-bond donors (Lipinski definition) is 0. The molecule has 1 spiro atoms. The maximum Gasteiger partial charge on any atom is 0.256 e. The number of aliphatic imine (C=N–C) groups is 1. The van der Waals surface area contributed by atoms with Crippen molar-refractivity contribution in [1.82, 2.24) is 14.8 Å². The number of carbonyl (C=O) groups is 2. The molecule has 0 N–H and O–H groups in total. The van der Waals surface area contributed by atoms with Crippen LogP contribution in [0, 0.1) is 25.2 Å². The monoisotopic (exact) mass is 492 g/mol. The van der Waals surface area contributed by atoms with Gasteiger partial charge in [0.1, 0.15) is 11.4 Å². The molecule has 6 nitrogen and oxygen atoms in total. The van der Waals surface area contributed by atoms with Gasteiger partial charge in [-0.2, -0.15) is 0 Å². The molecule has 2 aliphatic carbocycles. The van der Waals surface area contributed by atoms with E-state index in [2.05, 4.69) is 62.4 Å². The summed E-state index contributed by atoms with van der Waals surface area (Å²) in [6.45, 7) is 8.30. The topological polar surface area (TPSA) is 65.9 Å². The van der Waals surface area contributed by atoms with E-state index in [0.717, 1.165) is 83.5 Å². The number of likely N-dealkylation sites (tertiary alicyclic amines) is 1. The van der Waals surface area contributed by atoms with Crippen LogP contribution in [-0.2, 0) is 9.59 Å². The van der Waals surface area contributed by atoms with Gasteiger partial charge in [-0.05, 0) is 68.4 Å². The molecule has 3 heterocycles. The zero-order valence-electron chi connectivity index (χ0n) is 21.8. The second kappa shape index (κ2) is 7.73. The molecule has 4 aliphatic rings. The molecule has 2 amide bonds. The van der Waals surface area contributed by atoms with E-state index in [9.17, 15) is 9.59 Å². The van der Waals surface area contributed by atoms with Gasteiger partial charge in [0.05, 0.1) is 5.52 Å². The van der Waals surface area contributed by atoms with Crippen LogP contribution in [-0.4, -0.2) is 57.6 Å². The molecule has 0 radical (unpaired) electrons. The van der Waals surface area contributed by atoms with Crippen molar-refractivity contribution in [3.8, 4) is 11.1 Å². The molecule has 2 aliphatic heterocycles. The van der Waals surface area contributed by atoms with Crippen molar-refractivity contribution >= 4 is 28.6 Å². The number of hydrogen-bond acceptors (Lipinski definition) is 4. The molecule has 2 aromatic carbocycles. The van der Waals surface area contributed by atoms with Gasteiger partial charge in [-0.15, -0.1) is 0 Å².